The summed E-state index contributed by atoms with van der Waals surface area (Å²) >= 11 is 1.58. The summed E-state index contributed by atoms with van der Waals surface area (Å²) in [5, 5.41) is 12.1. The van der Waals surface area contributed by atoms with Crippen molar-refractivity contribution in [3.05, 3.63) is 70.2 Å². The highest BCUT2D eigenvalue weighted by atomic mass is 32.1. The molecule has 5 rings (SSSR count). The summed E-state index contributed by atoms with van der Waals surface area (Å²) in [6, 6.07) is 15.5. The zero-order chi connectivity index (χ0) is 20.5. The van der Waals surface area contributed by atoms with Crippen LogP contribution in [0.4, 0.5) is 5.13 Å². The van der Waals surface area contributed by atoms with E-state index in [4.69, 9.17) is 0 Å². The van der Waals surface area contributed by atoms with Gasteiger partial charge in [0.2, 0.25) is 0 Å². The van der Waals surface area contributed by atoms with Crippen molar-refractivity contribution >= 4 is 33.4 Å². The Morgan fingerprint density at radius 2 is 2.00 bits per heavy atom. The molecule has 0 bridgehead atoms. The van der Waals surface area contributed by atoms with Crippen molar-refractivity contribution in [2.75, 3.05) is 18.4 Å². The first-order chi connectivity index (χ1) is 14.7. The molecule has 4 aromatic rings. The predicted molar refractivity (Wildman–Crippen MR) is 118 cm³/mol. The molecule has 8 heteroatoms. The standard InChI is InChI=1S/C22H22N6OS/c1-2-27-12-11-18-20(14-27)30-22(23-18)24-21(29)16-9-7-15(8-10-16)13-28-19-6-4-3-5-17(19)25-26-28/h3-10H,2,11-14H2,1H3,(H,23,24,29). The second-order valence-corrected chi connectivity index (χ2v) is 8.48. The Morgan fingerprint density at radius 3 is 2.83 bits per heavy atom. The second-order valence-electron chi connectivity index (χ2n) is 7.39. The van der Waals surface area contributed by atoms with Gasteiger partial charge in [-0.15, -0.1) is 16.4 Å². The minimum atomic E-state index is -0.133. The number of rotatable bonds is 5. The lowest BCUT2D eigenvalue weighted by Crippen LogP contribution is -2.29. The molecule has 1 amide bonds. The summed E-state index contributed by atoms with van der Waals surface area (Å²) in [5.41, 5.74) is 4.67. The number of fused-ring (bicyclic) bond motifs is 2. The summed E-state index contributed by atoms with van der Waals surface area (Å²) in [6.07, 6.45) is 0.946. The van der Waals surface area contributed by atoms with E-state index < -0.39 is 0 Å². The van der Waals surface area contributed by atoms with Crippen molar-refractivity contribution in [1.82, 2.24) is 24.9 Å². The Morgan fingerprint density at radius 1 is 1.17 bits per heavy atom. The van der Waals surface area contributed by atoms with Gasteiger partial charge in [0.05, 0.1) is 17.8 Å². The van der Waals surface area contributed by atoms with Gasteiger partial charge in [-0.3, -0.25) is 15.0 Å². The molecular weight excluding hydrogens is 396 g/mol. The van der Waals surface area contributed by atoms with E-state index in [9.17, 15) is 4.79 Å². The number of carbonyl (C=O) groups excluding carboxylic acids is 1. The second kappa shape index (κ2) is 7.97. The minimum absolute atomic E-state index is 0.133. The van der Waals surface area contributed by atoms with E-state index in [-0.39, 0.29) is 5.91 Å². The van der Waals surface area contributed by atoms with Gasteiger partial charge in [-0.2, -0.15) is 0 Å². The van der Waals surface area contributed by atoms with Crippen LogP contribution < -0.4 is 5.32 Å². The lowest BCUT2D eigenvalue weighted by molar-refractivity contribution is 0.102. The summed E-state index contributed by atoms with van der Waals surface area (Å²) < 4.78 is 1.87. The summed E-state index contributed by atoms with van der Waals surface area (Å²) in [6.45, 7) is 5.77. The Labute approximate surface area is 178 Å². The lowest BCUT2D eigenvalue weighted by atomic mass is 10.1. The van der Waals surface area contributed by atoms with Crippen LogP contribution in [0.5, 0.6) is 0 Å². The fraction of sp³-hybridized carbons (Fsp3) is 0.273. The van der Waals surface area contributed by atoms with E-state index in [1.54, 1.807) is 11.3 Å². The van der Waals surface area contributed by atoms with Gasteiger partial charge in [0.1, 0.15) is 5.52 Å². The third kappa shape index (κ3) is 3.71. The SMILES string of the molecule is CCN1CCc2nc(NC(=O)c3ccc(Cn4nnc5ccccc54)cc3)sc2C1. The van der Waals surface area contributed by atoms with E-state index in [2.05, 4.69) is 32.4 Å². The van der Waals surface area contributed by atoms with E-state index in [0.29, 0.717) is 17.2 Å². The van der Waals surface area contributed by atoms with E-state index in [1.807, 2.05) is 53.2 Å². The van der Waals surface area contributed by atoms with Crippen molar-refractivity contribution in [3.63, 3.8) is 0 Å². The fourth-order valence-electron chi connectivity index (χ4n) is 3.71. The van der Waals surface area contributed by atoms with Gasteiger partial charge in [0, 0.05) is 30.0 Å². The summed E-state index contributed by atoms with van der Waals surface area (Å²) in [7, 11) is 0. The molecule has 0 spiro atoms. The van der Waals surface area contributed by atoms with Gasteiger partial charge in [-0.1, -0.05) is 36.4 Å². The van der Waals surface area contributed by atoms with Crippen LogP contribution in [0, 0.1) is 0 Å². The predicted octanol–water partition coefficient (Wildman–Crippen LogP) is 3.57. The maximum absolute atomic E-state index is 12.7. The van der Waals surface area contributed by atoms with Crippen LogP contribution in [0.15, 0.2) is 48.5 Å². The molecule has 0 fully saturated rings. The smallest absolute Gasteiger partial charge is 0.257 e. The number of hydrogen-bond acceptors (Lipinski definition) is 6. The number of nitrogens with one attached hydrogen (secondary N) is 1. The van der Waals surface area contributed by atoms with Crippen LogP contribution in [0.25, 0.3) is 11.0 Å². The first-order valence-electron chi connectivity index (χ1n) is 10.1. The molecular formula is C22H22N6OS. The lowest BCUT2D eigenvalue weighted by Gasteiger charge is -2.23. The number of hydrogen-bond donors (Lipinski definition) is 1. The highest BCUT2D eigenvalue weighted by Gasteiger charge is 2.20. The minimum Gasteiger partial charge on any atom is -0.298 e. The molecule has 0 aliphatic carbocycles. The van der Waals surface area contributed by atoms with Gasteiger partial charge >= 0.3 is 0 Å². The normalized spacial score (nSPS) is 14.0. The van der Waals surface area contributed by atoms with Gasteiger partial charge in [-0.25, -0.2) is 9.67 Å². The average Bonchev–Trinajstić information content (AvgIpc) is 3.37. The molecule has 1 N–H and O–H groups in total. The molecule has 0 radical (unpaired) electrons. The van der Waals surface area contributed by atoms with Crippen molar-refractivity contribution in [2.45, 2.75) is 26.4 Å². The summed E-state index contributed by atoms with van der Waals surface area (Å²) in [5.74, 6) is -0.133. The maximum atomic E-state index is 12.7. The number of nitrogens with zero attached hydrogens (tertiary/aromatic N) is 5. The van der Waals surface area contributed by atoms with E-state index in [0.717, 1.165) is 48.3 Å². The van der Waals surface area contributed by atoms with Gasteiger partial charge < -0.3 is 0 Å². The van der Waals surface area contributed by atoms with Crippen LogP contribution in [0.3, 0.4) is 0 Å². The summed E-state index contributed by atoms with van der Waals surface area (Å²) in [4.78, 5) is 20.9. The molecule has 2 aromatic carbocycles. The molecule has 1 aliphatic rings. The number of para-hydroxylation sites is 1. The molecule has 0 saturated carbocycles. The van der Waals surface area contributed by atoms with Crippen LogP contribution >= 0.6 is 11.3 Å². The number of aromatic nitrogens is 4. The third-order valence-electron chi connectivity index (χ3n) is 5.45. The Balaban J connectivity index is 1.26. The van der Waals surface area contributed by atoms with Crippen molar-refractivity contribution < 1.29 is 4.79 Å². The number of benzene rings is 2. The first kappa shape index (κ1) is 18.9. The van der Waals surface area contributed by atoms with Crippen LogP contribution in [0.2, 0.25) is 0 Å². The van der Waals surface area contributed by atoms with Crippen molar-refractivity contribution in [3.8, 4) is 0 Å². The zero-order valence-electron chi connectivity index (χ0n) is 16.7. The van der Waals surface area contributed by atoms with Crippen LogP contribution in [-0.2, 0) is 19.5 Å². The maximum Gasteiger partial charge on any atom is 0.257 e. The topological polar surface area (TPSA) is 75.9 Å². The molecule has 152 valence electrons. The Kier molecular flexibility index (Phi) is 5.02. The number of anilines is 1. The molecule has 0 unspecified atom stereocenters. The van der Waals surface area contributed by atoms with Gasteiger partial charge in [0.15, 0.2) is 5.13 Å². The highest BCUT2D eigenvalue weighted by molar-refractivity contribution is 7.15. The highest BCUT2D eigenvalue weighted by Crippen LogP contribution is 2.28. The van der Waals surface area contributed by atoms with E-state index in [1.165, 1.54) is 4.88 Å². The molecule has 3 heterocycles. The van der Waals surface area contributed by atoms with E-state index >= 15 is 0 Å². The largest absolute Gasteiger partial charge is 0.298 e. The number of amides is 1. The molecule has 2 aromatic heterocycles. The third-order valence-corrected chi connectivity index (χ3v) is 6.44. The number of carbonyl (C=O) groups is 1. The molecule has 0 saturated heterocycles. The molecule has 30 heavy (non-hydrogen) atoms. The van der Waals surface area contributed by atoms with Gasteiger partial charge in [-0.05, 0) is 36.4 Å². The number of likely N-dealkylation sites (N-methyl/N-ethyl adjacent to an activating group) is 1. The molecule has 0 atom stereocenters. The molecule has 1 aliphatic heterocycles. The van der Waals surface area contributed by atoms with Crippen molar-refractivity contribution in [1.29, 1.82) is 0 Å². The average molecular weight is 419 g/mol. The van der Waals surface area contributed by atoms with Crippen molar-refractivity contribution in [2.24, 2.45) is 0 Å². The van der Waals surface area contributed by atoms with Crippen LogP contribution in [0.1, 0.15) is 33.4 Å². The van der Waals surface area contributed by atoms with Gasteiger partial charge in [0.25, 0.3) is 5.91 Å². The number of thiazole rings is 1. The Hall–Kier alpha value is -3.10. The zero-order valence-corrected chi connectivity index (χ0v) is 17.5. The fourth-order valence-corrected chi connectivity index (χ4v) is 4.76. The first-order valence-corrected chi connectivity index (χ1v) is 10.9. The monoisotopic (exact) mass is 418 g/mol. The molecule has 7 nitrogen and oxygen atoms in total. The van der Waals surface area contributed by atoms with Crippen LogP contribution in [-0.4, -0.2) is 43.9 Å². The Bertz CT molecular complexity index is 1200. The quantitative estimate of drug-likeness (QED) is 0.536.